The van der Waals surface area contributed by atoms with Crippen molar-refractivity contribution >= 4 is 35.3 Å². The van der Waals surface area contributed by atoms with Crippen LogP contribution in [0.15, 0.2) is 0 Å². The van der Waals surface area contributed by atoms with E-state index < -0.39 is 0 Å². The first-order valence-corrected chi connectivity index (χ1v) is 6.90. The number of thioether (sulfide) groups is 3. The lowest BCUT2D eigenvalue weighted by atomic mass is 10.3. The van der Waals surface area contributed by atoms with Gasteiger partial charge in [0, 0.05) is 17.3 Å². The van der Waals surface area contributed by atoms with Crippen molar-refractivity contribution < 1.29 is 4.74 Å². The molecule has 0 amide bonds. The summed E-state index contributed by atoms with van der Waals surface area (Å²) in [7, 11) is 0. The zero-order chi connectivity index (χ0) is 7.73. The number of ether oxygens (including phenoxy) is 1. The molecule has 1 atom stereocenters. The summed E-state index contributed by atoms with van der Waals surface area (Å²) in [6.45, 7) is 2.20. The maximum atomic E-state index is 5.95. The van der Waals surface area contributed by atoms with Gasteiger partial charge in [0.25, 0.3) is 0 Å². The van der Waals surface area contributed by atoms with Crippen LogP contribution in [0.4, 0.5) is 0 Å². The number of hydrogen-bond acceptors (Lipinski definition) is 4. The van der Waals surface area contributed by atoms with E-state index in [4.69, 9.17) is 4.74 Å². The van der Waals surface area contributed by atoms with Crippen molar-refractivity contribution in [1.29, 1.82) is 0 Å². The third kappa shape index (κ3) is 1.69. The standard InChI is InChI=1S/C7H12OS3/c1-2-6-5-11-7(8-6)9-3-4-10-7/h6H,2-5H2,1H3. The average molecular weight is 208 g/mol. The van der Waals surface area contributed by atoms with Crippen molar-refractivity contribution in [2.24, 2.45) is 0 Å². The summed E-state index contributed by atoms with van der Waals surface area (Å²) >= 11 is 5.94. The molecule has 2 aliphatic rings. The lowest BCUT2D eigenvalue weighted by molar-refractivity contribution is 0.0901. The summed E-state index contributed by atoms with van der Waals surface area (Å²) in [5, 5.41) is 0. The molecule has 0 aromatic rings. The summed E-state index contributed by atoms with van der Waals surface area (Å²) in [5.41, 5.74) is 0. The van der Waals surface area contributed by atoms with Gasteiger partial charge in [-0.15, -0.1) is 35.3 Å². The van der Waals surface area contributed by atoms with Gasteiger partial charge in [-0.25, -0.2) is 0 Å². The highest BCUT2D eigenvalue weighted by Gasteiger charge is 2.44. The molecule has 0 aromatic carbocycles. The zero-order valence-electron chi connectivity index (χ0n) is 6.54. The Balaban J connectivity index is 1.96. The van der Waals surface area contributed by atoms with Crippen LogP contribution in [-0.2, 0) is 4.74 Å². The van der Waals surface area contributed by atoms with E-state index in [-0.39, 0.29) is 3.60 Å². The van der Waals surface area contributed by atoms with Crippen molar-refractivity contribution in [1.82, 2.24) is 0 Å². The molecule has 2 fully saturated rings. The van der Waals surface area contributed by atoms with E-state index in [1.807, 2.05) is 35.3 Å². The largest absolute Gasteiger partial charge is 0.342 e. The molecule has 2 rings (SSSR count). The minimum atomic E-state index is 0.112. The van der Waals surface area contributed by atoms with Crippen LogP contribution < -0.4 is 0 Å². The van der Waals surface area contributed by atoms with Crippen molar-refractivity contribution in [3.63, 3.8) is 0 Å². The van der Waals surface area contributed by atoms with Crippen LogP contribution in [0.3, 0.4) is 0 Å². The highest BCUT2D eigenvalue weighted by Crippen LogP contribution is 2.57. The quantitative estimate of drug-likeness (QED) is 0.655. The van der Waals surface area contributed by atoms with Gasteiger partial charge >= 0.3 is 0 Å². The molecule has 64 valence electrons. The van der Waals surface area contributed by atoms with Gasteiger partial charge in [-0.05, 0) is 6.42 Å². The van der Waals surface area contributed by atoms with E-state index in [2.05, 4.69) is 6.92 Å². The molecule has 0 radical (unpaired) electrons. The van der Waals surface area contributed by atoms with Gasteiger partial charge in [0.15, 0.2) is 0 Å². The van der Waals surface area contributed by atoms with Gasteiger partial charge in [-0.2, -0.15) is 0 Å². The summed E-state index contributed by atoms with van der Waals surface area (Å²) < 4.78 is 6.06. The Morgan fingerprint density at radius 1 is 1.36 bits per heavy atom. The predicted octanol–water partition coefficient (Wildman–Crippen LogP) is 2.62. The second-order valence-corrected chi connectivity index (χ2v) is 7.17. The first-order chi connectivity index (χ1) is 5.35. The van der Waals surface area contributed by atoms with E-state index in [9.17, 15) is 0 Å². The fourth-order valence-corrected chi connectivity index (χ4v) is 6.08. The van der Waals surface area contributed by atoms with Crippen LogP contribution in [0, 0.1) is 0 Å². The Labute approximate surface area is 80.4 Å². The molecule has 2 heterocycles. The number of rotatable bonds is 1. The van der Waals surface area contributed by atoms with Crippen LogP contribution in [0.2, 0.25) is 0 Å². The van der Waals surface area contributed by atoms with Gasteiger partial charge in [0.1, 0.15) is 0 Å². The van der Waals surface area contributed by atoms with Gasteiger partial charge < -0.3 is 4.74 Å². The monoisotopic (exact) mass is 208 g/mol. The van der Waals surface area contributed by atoms with Gasteiger partial charge in [0.2, 0.25) is 3.60 Å². The Kier molecular flexibility index (Phi) is 2.66. The molecule has 1 nitrogen and oxygen atoms in total. The van der Waals surface area contributed by atoms with Gasteiger partial charge in [0.05, 0.1) is 6.10 Å². The molecule has 1 spiro atoms. The molecule has 2 aliphatic heterocycles. The second kappa shape index (κ2) is 3.40. The zero-order valence-corrected chi connectivity index (χ0v) is 8.99. The lowest BCUT2D eigenvalue weighted by Gasteiger charge is -2.19. The first-order valence-electron chi connectivity index (χ1n) is 3.94. The van der Waals surface area contributed by atoms with Crippen molar-refractivity contribution in [2.45, 2.75) is 23.0 Å². The maximum Gasteiger partial charge on any atom is 0.209 e. The van der Waals surface area contributed by atoms with Gasteiger partial charge in [-0.3, -0.25) is 0 Å². The third-order valence-corrected chi connectivity index (χ3v) is 6.94. The highest BCUT2D eigenvalue weighted by atomic mass is 32.3. The fourth-order valence-electron chi connectivity index (χ4n) is 1.19. The Hall–Kier alpha value is 1.01. The first kappa shape index (κ1) is 8.60. The van der Waals surface area contributed by atoms with E-state index in [1.54, 1.807) is 0 Å². The van der Waals surface area contributed by atoms with Crippen LogP contribution in [0.1, 0.15) is 13.3 Å². The summed E-state index contributed by atoms with van der Waals surface area (Å²) in [4.78, 5) is 0. The molecule has 1 unspecified atom stereocenters. The molecular weight excluding hydrogens is 196 g/mol. The van der Waals surface area contributed by atoms with Crippen LogP contribution >= 0.6 is 35.3 Å². The highest BCUT2D eigenvalue weighted by molar-refractivity contribution is 8.35. The smallest absolute Gasteiger partial charge is 0.209 e. The molecule has 2 saturated heterocycles. The molecule has 0 aliphatic carbocycles. The summed E-state index contributed by atoms with van der Waals surface area (Å²) in [5.74, 6) is 3.71. The fraction of sp³-hybridized carbons (Fsp3) is 1.00. The summed E-state index contributed by atoms with van der Waals surface area (Å²) in [6, 6.07) is 0. The SMILES string of the molecule is CCC1CSC2(O1)SCCS2. The molecule has 0 N–H and O–H groups in total. The van der Waals surface area contributed by atoms with Gasteiger partial charge in [-0.1, -0.05) is 6.92 Å². The van der Waals surface area contributed by atoms with Crippen molar-refractivity contribution in [3.05, 3.63) is 0 Å². The van der Waals surface area contributed by atoms with Crippen LogP contribution in [-0.4, -0.2) is 27.0 Å². The van der Waals surface area contributed by atoms with Crippen LogP contribution in [0.5, 0.6) is 0 Å². The van der Waals surface area contributed by atoms with Crippen LogP contribution in [0.25, 0.3) is 0 Å². The lowest BCUT2D eigenvalue weighted by Crippen LogP contribution is -2.15. The molecule has 0 saturated carbocycles. The van der Waals surface area contributed by atoms with E-state index >= 15 is 0 Å². The Bertz CT molecular complexity index is 145. The normalized spacial score (nSPS) is 35.2. The second-order valence-electron chi connectivity index (χ2n) is 2.66. The maximum absolute atomic E-state index is 5.95. The minimum Gasteiger partial charge on any atom is -0.342 e. The molecule has 4 heteroatoms. The molecule has 11 heavy (non-hydrogen) atoms. The Morgan fingerprint density at radius 3 is 2.64 bits per heavy atom. The topological polar surface area (TPSA) is 9.23 Å². The summed E-state index contributed by atoms with van der Waals surface area (Å²) in [6.07, 6.45) is 1.67. The van der Waals surface area contributed by atoms with E-state index in [1.165, 1.54) is 17.3 Å². The Morgan fingerprint density at radius 2 is 2.09 bits per heavy atom. The molecule has 0 bridgehead atoms. The predicted molar refractivity (Wildman–Crippen MR) is 55.3 cm³/mol. The molecule has 0 aromatic heterocycles. The average Bonchev–Trinajstić information content (AvgIpc) is 2.62. The number of hydrogen-bond donors (Lipinski definition) is 0. The van der Waals surface area contributed by atoms with E-state index in [0.717, 1.165) is 6.42 Å². The minimum absolute atomic E-state index is 0.112. The van der Waals surface area contributed by atoms with E-state index in [0.29, 0.717) is 6.10 Å². The third-order valence-electron chi connectivity index (χ3n) is 1.85. The van der Waals surface area contributed by atoms with Crippen molar-refractivity contribution in [2.75, 3.05) is 17.3 Å². The van der Waals surface area contributed by atoms with Crippen molar-refractivity contribution in [3.8, 4) is 0 Å². The molecular formula is C7H12OS3.